The van der Waals surface area contributed by atoms with Crippen LogP contribution in [0, 0.1) is 18.6 Å². The quantitative estimate of drug-likeness (QED) is 0.858. The summed E-state index contributed by atoms with van der Waals surface area (Å²) in [5.74, 6) is -0.678. The van der Waals surface area contributed by atoms with Crippen molar-refractivity contribution in [3.05, 3.63) is 34.2 Å². The molecule has 0 aliphatic carbocycles. The average molecular weight is 269 g/mol. The topological polar surface area (TPSA) is 12.0 Å². The van der Waals surface area contributed by atoms with Gasteiger partial charge in [0.2, 0.25) is 0 Å². The molecular formula is C14H17F2NS. The van der Waals surface area contributed by atoms with Crippen LogP contribution in [0.2, 0.25) is 0 Å². The molecule has 1 N–H and O–H groups in total. The van der Waals surface area contributed by atoms with Crippen molar-refractivity contribution >= 4 is 21.4 Å². The van der Waals surface area contributed by atoms with Gasteiger partial charge in [0.1, 0.15) is 11.6 Å². The van der Waals surface area contributed by atoms with Crippen LogP contribution < -0.4 is 5.32 Å². The van der Waals surface area contributed by atoms with Crippen molar-refractivity contribution in [2.75, 3.05) is 6.54 Å². The summed E-state index contributed by atoms with van der Waals surface area (Å²) in [5.41, 5.74) is 0.850. The van der Waals surface area contributed by atoms with Crippen LogP contribution >= 0.6 is 11.3 Å². The highest BCUT2D eigenvalue weighted by Gasteiger charge is 2.18. The summed E-state index contributed by atoms with van der Waals surface area (Å²) in [6, 6.07) is 2.52. The predicted molar refractivity (Wildman–Crippen MR) is 73.2 cm³/mol. The second-order valence-corrected chi connectivity index (χ2v) is 5.55. The van der Waals surface area contributed by atoms with Crippen molar-refractivity contribution in [2.24, 2.45) is 0 Å². The second kappa shape index (κ2) is 5.33. The molecule has 1 atom stereocenters. The molecule has 0 aliphatic heterocycles. The fraction of sp³-hybridized carbons (Fsp3) is 0.429. The van der Waals surface area contributed by atoms with Gasteiger partial charge in [-0.25, -0.2) is 8.78 Å². The Morgan fingerprint density at radius 2 is 1.94 bits per heavy atom. The van der Waals surface area contributed by atoms with E-state index in [1.165, 1.54) is 23.5 Å². The predicted octanol–water partition coefficient (Wildman–Crippen LogP) is 4.55. The van der Waals surface area contributed by atoms with Crippen LogP contribution in [0.1, 0.15) is 36.8 Å². The van der Waals surface area contributed by atoms with Crippen LogP contribution in [0.15, 0.2) is 12.1 Å². The van der Waals surface area contributed by atoms with Crippen molar-refractivity contribution < 1.29 is 8.78 Å². The summed E-state index contributed by atoms with van der Waals surface area (Å²) in [6.45, 7) is 6.89. The van der Waals surface area contributed by atoms with E-state index in [1.807, 2.05) is 13.8 Å². The standard InChI is InChI=1S/C14H17F2NS/c1-4-7-17-9(3)13-8(2)12-10(15)5-6-11(16)14(12)18-13/h5-6,9,17H,4,7H2,1-3H3. The van der Waals surface area contributed by atoms with Gasteiger partial charge < -0.3 is 5.32 Å². The van der Waals surface area contributed by atoms with E-state index in [0.29, 0.717) is 10.1 Å². The SMILES string of the molecule is CCCNC(C)c1sc2c(F)ccc(F)c2c1C. The van der Waals surface area contributed by atoms with E-state index in [0.717, 1.165) is 23.4 Å². The highest BCUT2D eigenvalue weighted by molar-refractivity contribution is 7.19. The normalized spacial score (nSPS) is 13.2. The summed E-state index contributed by atoms with van der Waals surface area (Å²) < 4.78 is 27.9. The summed E-state index contributed by atoms with van der Waals surface area (Å²) in [6.07, 6.45) is 1.04. The first-order chi connectivity index (χ1) is 8.56. The van der Waals surface area contributed by atoms with Crippen molar-refractivity contribution in [3.8, 4) is 0 Å². The van der Waals surface area contributed by atoms with E-state index in [4.69, 9.17) is 0 Å². The molecule has 0 amide bonds. The number of halogens is 2. The Bertz CT molecular complexity index is 562. The molecule has 1 nitrogen and oxygen atoms in total. The molecule has 1 heterocycles. The van der Waals surface area contributed by atoms with Crippen LogP contribution in [-0.2, 0) is 0 Å². The van der Waals surface area contributed by atoms with E-state index < -0.39 is 0 Å². The molecule has 1 aromatic carbocycles. The largest absolute Gasteiger partial charge is 0.309 e. The Labute approximate surface area is 110 Å². The molecule has 0 fully saturated rings. The van der Waals surface area contributed by atoms with E-state index in [9.17, 15) is 8.78 Å². The van der Waals surface area contributed by atoms with E-state index >= 15 is 0 Å². The molecule has 0 spiro atoms. The lowest BCUT2D eigenvalue weighted by atomic mass is 10.1. The molecule has 18 heavy (non-hydrogen) atoms. The third-order valence-electron chi connectivity index (χ3n) is 3.11. The Balaban J connectivity index is 2.50. The molecule has 4 heteroatoms. The second-order valence-electron chi connectivity index (χ2n) is 4.50. The molecule has 0 bridgehead atoms. The first-order valence-corrected chi connectivity index (χ1v) is 6.98. The zero-order valence-electron chi connectivity index (χ0n) is 10.8. The monoisotopic (exact) mass is 269 g/mol. The molecular weight excluding hydrogens is 252 g/mol. The van der Waals surface area contributed by atoms with Crippen LogP contribution in [0.25, 0.3) is 10.1 Å². The van der Waals surface area contributed by atoms with Gasteiger partial charge in [0.15, 0.2) is 0 Å². The summed E-state index contributed by atoms with van der Waals surface area (Å²) >= 11 is 1.35. The Kier molecular flexibility index (Phi) is 3.97. The third-order valence-corrected chi connectivity index (χ3v) is 4.59. The van der Waals surface area contributed by atoms with Crippen LogP contribution in [0.4, 0.5) is 8.78 Å². The third kappa shape index (κ3) is 2.27. The minimum atomic E-state index is -0.339. The zero-order chi connectivity index (χ0) is 13.3. The summed E-state index contributed by atoms with van der Waals surface area (Å²) in [5, 5.41) is 3.79. The Morgan fingerprint density at radius 3 is 2.56 bits per heavy atom. The number of hydrogen-bond acceptors (Lipinski definition) is 2. The zero-order valence-corrected chi connectivity index (χ0v) is 11.6. The van der Waals surface area contributed by atoms with Gasteiger partial charge in [-0.05, 0) is 44.5 Å². The summed E-state index contributed by atoms with van der Waals surface area (Å²) in [4.78, 5) is 1.02. The molecule has 2 rings (SSSR count). The number of benzene rings is 1. The first kappa shape index (κ1) is 13.4. The fourth-order valence-corrected chi connectivity index (χ4v) is 3.41. The van der Waals surface area contributed by atoms with Gasteiger partial charge >= 0.3 is 0 Å². The molecule has 0 aliphatic rings. The lowest BCUT2D eigenvalue weighted by Gasteiger charge is -2.12. The minimum Gasteiger partial charge on any atom is -0.309 e. The van der Waals surface area contributed by atoms with Crippen LogP contribution in [0.5, 0.6) is 0 Å². The highest BCUT2D eigenvalue weighted by atomic mass is 32.1. The van der Waals surface area contributed by atoms with E-state index in [1.54, 1.807) is 0 Å². The van der Waals surface area contributed by atoms with Gasteiger partial charge in [0.25, 0.3) is 0 Å². The van der Waals surface area contributed by atoms with Gasteiger partial charge in [-0.15, -0.1) is 11.3 Å². The maximum atomic E-state index is 13.8. The molecule has 0 saturated heterocycles. The van der Waals surface area contributed by atoms with Crippen molar-refractivity contribution in [1.82, 2.24) is 5.32 Å². The number of hydrogen-bond donors (Lipinski definition) is 1. The fourth-order valence-electron chi connectivity index (χ4n) is 2.16. The van der Waals surface area contributed by atoms with Crippen molar-refractivity contribution in [2.45, 2.75) is 33.2 Å². The van der Waals surface area contributed by atoms with Gasteiger partial charge in [-0.1, -0.05) is 6.92 Å². The number of aryl methyl sites for hydroxylation is 1. The first-order valence-electron chi connectivity index (χ1n) is 6.16. The van der Waals surface area contributed by atoms with Gasteiger partial charge in [0.05, 0.1) is 4.70 Å². The molecule has 1 unspecified atom stereocenters. The molecule has 1 aromatic heterocycles. The smallest absolute Gasteiger partial charge is 0.141 e. The number of rotatable bonds is 4. The molecule has 0 saturated carbocycles. The van der Waals surface area contributed by atoms with Crippen LogP contribution in [0.3, 0.4) is 0 Å². The van der Waals surface area contributed by atoms with Gasteiger partial charge in [-0.3, -0.25) is 0 Å². The van der Waals surface area contributed by atoms with Gasteiger partial charge in [-0.2, -0.15) is 0 Å². The molecule has 0 radical (unpaired) electrons. The average Bonchev–Trinajstić information content (AvgIpc) is 2.70. The maximum absolute atomic E-state index is 13.8. The Hall–Kier alpha value is -1.00. The van der Waals surface area contributed by atoms with Gasteiger partial charge in [0, 0.05) is 16.3 Å². The Morgan fingerprint density at radius 1 is 1.28 bits per heavy atom. The van der Waals surface area contributed by atoms with Crippen LogP contribution in [-0.4, -0.2) is 6.54 Å². The number of thiophene rings is 1. The lowest BCUT2D eigenvalue weighted by molar-refractivity contribution is 0.576. The van der Waals surface area contributed by atoms with E-state index in [2.05, 4.69) is 12.2 Å². The van der Waals surface area contributed by atoms with E-state index in [-0.39, 0.29) is 17.7 Å². The highest BCUT2D eigenvalue weighted by Crippen LogP contribution is 2.37. The van der Waals surface area contributed by atoms with Crippen molar-refractivity contribution in [1.29, 1.82) is 0 Å². The number of nitrogens with one attached hydrogen (secondary N) is 1. The summed E-state index contributed by atoms with van der Waals surface area (Å²) in [7, 11) is 0. The maximum Gasteiger partial charge on any atom is 0.141 e. The molecule has 98 valence electrons. The van der Waals surface area contributed by atoms with Crippen molar-refractivity contribution in [3.63, 3.8) is 0 Å². The lowest BCUT2D eigenvalue weighted by Crippen LogP contribution is -2.18. The number of fused-ring (bicyclic) bond motifs is 1. The molecule has 2 aromatic rings. The minimum absolute atomic E-state index is 0.126.